The highest BCUT2D eigenvalue weighted by Gasteiger charge is 2.44. The van der Waals surface area contributed by atoms with Crippen LogP contribution >= 0.6 is 0 Å². The first kappa shape index (κ1) is 21.9. The molecule has 11 heteroatoms. The van der Waals surface area contributed by atoms with Gasteiger partial charge in [0.2, 0.25) is 5.95 Å². The van der Waals surface area contributed by atoms with E-state index in [1.807, 2.05) is 54.6 Å². The Hall–Kier alpha value is -3.90. The lowest BCUT2D eigenvalue weighted by Crippen LogP contribution is -2.33. The molecule has 3 heterocycles. The lowest BCUT2D eigenvalue weighted by Gasteiger charge is -2.16. The zero-order valence-corrected chi connectivity index (χ0v) is 17.9. The van der Waals surface area contributed by atoms with Gasteiger partial charge in [-0.3, -0.25) is 4.57 Å². The van der Waals surface area contributed by atoms with E-state index in [4.69, 9.17) is 10.5 Å². The van der Waals surface area contributed by atoms with Crippen LogP contribution in [0.25, 0.3) is 22.3 Å². The number of ether oxygens (including phenoxy) is 1. The van der Waals surface area contributed by atoms with Gasteiger partial charge in [0.05, 0.1) is 19.1 Å². The van der Waals surface area contributed by atoms with Crippen LogP contribution in [0, 0.1) is 0 Å². The van der Waals surface area contributed by atoms with Gasteiger partial charge in [0.25, 0.3) is 0 Å². The number of nitrogens with two attached hydrogens (primary N) is 1. The monoisotopic (exact) mass is 461 g/mol. The Morgan fingerprint density at radius 1 is 1.03 bits per heavy atom. The molecule has 0 saturated carbocycles. The molecule has 1 aliphatic rings. The summed E-state index contributed by atoms with van der Waals surface area (Å²) in [6.07, 6.45) is -1.43. The average Bonchev–Trinajstić information content (AvgIpc) is 3.41. The smallest absolute Gasteiger partial charge is 0.247 e. The van der Waals surface area contributed by atoms with Crippen LogP contribution in [-0.2, 0) is 4.74 Å². The van der Waals surface area contributed by atoms with Crippen molar-refractivity contribution in [2.24, 2.45) is 5.10 Å². The van der Waals surface area contributed by atoms with E-state index in [1.54, 1.807) is 6.21 Å². The SMILES string of the molecule is Nc1nc(N/N=C/c2ccc(-c3ccccc3)cc2)nc2c1ncn2[C@@H]1O[C@H](CO)C(O)C1O. The van der Waals surface area contributed by atoms with E-state index in [2.05, 4.69) is 25.5 Å². The fourth-order valence-corrected chi connectivity index (χ4v) is 3.84. The second-order valence-electron chi connectivity index (χ2n) is 7.84. The highest BCUT2D eigenvalue weighted by Crippen LogP contribution is 2.32. The normalized spacial score (nSPS) is 22.6. The van der Waals surface area contributed by atoms with Crippen molar-refractivity contribution in [3.63, 3.8) is 0 Å². The molecule has 1 saturated heterocycles. The van der Waals surface area contributed by atoms with Crippen molar-refractivity contribution >= 4 is 29.1 Å². The molecule has 2 aromatic heterocycles. The van der Waals surface area contributed by atoms with Crippen LogP contribution in [0.5, 0.6) is 0 Å². The van der Waals surface area contributed by atoms with Crippen molar-refractivity contribution in [1.82, 2.24) is 19.5 Å². The second kappa shape index (κ2) is 9.15. The molecule has 0 bridgehead atoms. The van der Waals surface area contributed by atoms with E-state index in [0.717, 1.165) is 16.7 Å². The highest BCUT2D eigenvalue weighted by molar-refractivity contribution is 5.84. The van der Waals surface area contributed by atoms with Gasteiger partial charge in [-0.15, -0.1) is 0 Å². The zero-order valence-electron chi connectivity index (χ0n) is 17.9. The number of aliphatic hydroxyl groups excluding tert-OH is 3. The van der Waals surface area contributed by atoms with Gasteiger partial charge in [0, 0.05) is 0 Å². The summed E-state index contributed by atoms with van der Waals surface area (Å²) < 4.78 is 7.01. The number of rotatable bonds is 6. The number of imidazole rings is 1. The molecule has 174 valence electrons. The quantitative estimate of drug-likeness (QED) is 0.209. The van der Waals surface area contributed by atoms with Crippen LogP contribution < -0.4 is 11.2 Å². The van der Waals surface area contributed by atoms with Crippen LogP contribution in [0.3, 0.4) is 0 Å². The molecule has 34 heavy (non-hydrogen) atoms. The highest BCUT2D eigenvalue weighted by atomic mass is 16.6. The third-order valence-electron chi connectivity index (χ3n) is 5.64. The van der Waals surface area contributed by atoms with Crippen LogP contribution in [-0.4, -0.2) is 66.0 Å². The van der Waals surface area contributed by atoms with Crippen molar-refractivity contribution in [3.8, 4) is 11.1 Å². The molecule has 11 nitrogen and oxygen atoms in total. The second-order valence-corrected chi connectivity index (χ2v) is 7.84. The van der Waals surface area contributed by atoms with Gasteiger partial charge in [-0.1, -0.05) is 54.6 Å². The Morgan fingerprint density at radius 2 is 1.76 bits per heavy atom. The first-order valence-electron chi connectivity index (χ1n) is 10.6. The first-order chi connectivity index (χ1) is 16.5. The number of hydrazone groups is 1. The van der Waals surface area contributed by atoms with Crippen molar-refractivity contribution in [1.29, 1.82) is 0 Å². The van der Waals surface area contributed by atoms with E-state index in [9.17, 15) is 15.3 Å². The number of aromatic nitrogens is 4. The van der Waals surface area contributed by atoms with Gasteiger partial charge in [-0.2, -0.15) is 15.1 Å². The molecular formula is C23H23N7O4. The van der Waals surface area contributed by atoms with Gasteiger partial charge < -0.3 is 25.8 Å². The summed E-state index contributed by atoms with van der Waals surface area (Å²) in [7, 11) is 0. The van der Waals surface area contributed by atoms with Crippen LogP contribution in [0.1, 0.15) is 11.8 Å². The minimum atomic E-state index is -1.28. The molecule has 4 atom stereocenters. The number of hydrogen-bond acceptors (Lipinski definition) is 10. The van der Waals surface area contributed by atoms with E-state index < -0.39 is 31.1 Å². The van der Waals surface area contributed by atoms with Crippen molar-refractivity contribution in [3.05, 3.63) is 66.5 Å². The zero-order chi connectivity index (χ0) is 23.7. The summed E-state index contributed by atoms with van der Waals surface area (Å²) in [6, 6.07) is 18.0. The number of nitrogen functional groups attached to an aromatic ring is 1. The van der Waals surface area contributed by atoms with Crippen molar-refractivity contribution < 1.29 is 20.1 Å². The minimum Gasteiger partial charge on any atom is -0.394 e. The number of hydrogen-bond donors (Lipinski definition) is 5. The third-order valence-corrected chi connectivity index (χ3v) is 5.64. The average molecular weight is 461 g/mol. The van der Waals surface area contributed by atoms with Gasteiger partial charge in [-0.05, 0) is 16.7 Å². The molecular weight excluding hydrogens is 438 g/mol. The Bertz CT molecular complexity index is 1310. The number of anilines is 2. The van der Waals surface area contributed by atoms with E-state index in [1.165, 1.54) is 10.9 Å². The fraction of sp³-hybridized carbons (Fsp3) is 0.217. The number of nitrogens with zero attached hydrogens (tertiary/aromatic N) is 5. The molecule has 1 aliphatic heterocycles. The maximum atomic E-state index is 10.3. The molecule has 4 aromatic rings. The van der Waals surface area contributed by atoms with Crippen molar-refractivity contribution in [2.75, 3.05) is 17.8 Å². The number of aliphatic hydroxyl groups is 3. The summed E-state index contributed by atoms with van der Waals surface area (Å²) in [4.78, 5) is 12.7. The van der Waals surface area contributed by atoms with E-state index in [-0.39, 0.29) is 17.4 Å². The lowest BCUT2D eigenvalue weighted by atomic mass is 10.0. The van der Waals surface area contributed by atoms with Crippen molar-refractivity contribution in [2.45, 2.75) is 24.5 Å². The van der Waals surface area contributed by atoms with E-state index >= 15 is 0 Å². The number of benzene rings is 2. The predicted octanol–water partition coefficient (Wildman–Crippen LogP) is 1.13. The molecule has 0 amide bonds. The molecule has 0 radical (unpaired) electrons. The molecule has 0 spiro atoms. The van der Waals surface area contributed by atoms with Gasteiger partial charge in [0.1, 0.15) is 23.8 Å². The van der Waals surface area contributed by atoms with Crippen LogP contribution in [0.4, 0.5) is 11.8 Å². The summed E-state index contributed by atoms with van der Waals surface area (Å²) in [5, 5.41) is 33.9. The topological polar surface area (TPSA) is 164 Å². The molecule has 0 aliphatic carbocycles. The molecule has 2 aromatic carbocycles. The minimum absolute atomic E-state index is 0.111. The van der Waals surface area contributed by atoms with E-state index in [0.29, 0.717) is 5.52 Å². The van der Waals surface area contributed by atoms with Gasteiger partial charge in [0.15, 0.2) is 17.7 Å². The predicted molar refractivity (Wildman–Crippen MR) is 126 cm³/mol. The summed E-state index contributed by atoms with van der Waals surface area (Å²) in [5.41, 5.74) is 12.5. The standard InChI is InChI=1S/C23H23N7O4/c24-20-17-21(30(12-25-17)22-19(33)18(32)16(11-31)34-22)28-23(27-20)29-26-10-13-6-8-15(9-7-13)14-4-2-1-3-5-14/h1-10,12,16,18-19,22,31-33H,11H2,(H3,24,27,28,29)/b26-10+/t16-,18?,19?,22-/m1/s1. The maximum Gasteiger partial charge on any atom is 0.247 e. The largest absolute Gasteiger partial charge is 0.394 e. The molecule has 1 fully saturated rings. The fourth-order valence-electron chi connectivity index (χ4n) is 3.84. The maximum absolute atomic E-state index is 10.3. The van der Waals surface area contributed by atoms with Gasteiger partial charge in [-0.25, -0.2) is 10.4 Å². The Kier molecular flexibility index (Phi) is 5.90. The summed E-state index contributed by atoms with van der Waals surface area (Å²) in [5.74, 6) is 0.232. The first-order valence-corrected chi connectivity index (χ1v) is 10.6. The lowest BCUT2D eigenvalue weighted by molar-refractivity contribution is -0.0511. The Labute approximate surface area is 194 Å². The van der Waals surface area contributed by atoms with Crippen LogP contribution in [0.2, 0.25) is 0 Å². The van der Waals surface area contributed by atoms with Gasteiger partial charge >= 0.3 is 0 Å². The molecule has 5 rings (SSSR count). The Morgan fingerprint density at radius 3 is 2.47 bits per heavy atom. The number of nitrogens with one attached hydrogen (secondary N) is 1. The number of fused-ring (bicyclic) bond motifs is 1. The molecule has 6 N–H and O–H groups in total. The summed E-state index contributed by atoms with van der Waals surface area (Å²) >= 11 is 0. The third kappa shape index (κ3) is 4.08. The summed E-state index contributed by atoms with van der Waals surface area (Å²) in [6.45, 7) is -0.438. The molecule has 2 unspecified atom stereocenters. The van der Waals surface area contributed by atoms with Crippen LogP contribution in [0.15, 0.2) is 66.0 Å². The Balaban J connectivity index is 1.34.